The topological polar surface area (TPSA) is 23.8 Å². The summed E-state index contributed by atoms with van der Waals surface area (Å²) >= 11 is 0. The highest BCUT2D eigenvalue weighted by Gasteiger charge is 2.26. The smallest absolute Gasteiger partial charge is 0.123 e. The van der Waals surface area contributed by atoms with Crippen molar-refractivity contribution in [2.24, 2.45) is 0 Å². The van der Waals surface area contributed by atoms with Gasteiger partial charge in [-0.3, -0.25) is 0 Å². The molecular formula is C11H12FN. The van der Waals surface area contributed by atoms with Crippen molar-refractivity contribution in [3.8, 4) is 6.07 Å². The molecule has 1 saturated carbocycles. The molecule has 0 saturated heterocycles. The Morgan fingerprint density at radius 3 is 2.62 bits per heavy atom. The van der Waals surface area contributed by atoms with E-state index in [0.29, 0.717) is 11.5 Å². The number of nitriles is 1. The van der Waals surface area contributed by atoms with Gasteiger partial charge in [-0.05, 0) is 42.5 Å². The van der Waals surface area contributed by atoms with Crippen LogP contribution in [0.25, 0.3) is 0 Å². The molecule has 13 heavy (non-hydrogen) atoms. The van der Waals surface area contributed by atoms with Crippen LogP contribution in [0.2, 0.25) is 0 Å². The molecule has 0 unspecified atom stereocenters. The zero-order valence-electron chi connectivity index (χ0n) is 6.55. The third-order valence-electron chi connectivity index (χ3n) is 2.15. The van der Waals surface area contributed by atoms with E-state index in [0.717, 1.165) is 18.4 Å². The van der Waals surface area contributed by atoms with Gasteiger partial charge >= 0.3 is 0 Å². The van der Waals surface area contributed by atoms with Crippen LogP contribution in [0.1, 0.15) is 37.3 Å². The summed E-state index contributed by atoms with van der Waals surface area (Å²) in [7, 11) is 0. The van der Waals surface area contributed by atoms with Crippen molar-refractivity contribution in [3.05, 3.63) is 35.1 Å². The molecule has 0 aromatic heterocycles. The monoisotopic (exact) mass is 177 g/mol. The van der Waals surface area contributed by atoms with Crippen LogP contribution >= 0.6 is 0 Å². The van der Waals surface area contributed by atoms with Gasteiger partial charge in [0.05, 0.1) is 11.6 Å². The zero-order chi connectivity index (χ0) is 8.55. The summed E-state index contributed by atoms with van der Waals surface area (Å²) < 4.78 is 12.8. The summed E-state index contributed by atoms with van der Waals surface area (Å²) in [5.74, 6) is 0.200. The number of hydrogen-bond acceptors (Lipinski definition) is 1. The lowest BCUT2D eigenvalue weighted by molar-refractivity contribution is 0.625. The maximum absolute atomic E-state index is 12.8. The highest BCUT2D eigenvalue weighted by Crippen LogP contribution is 2.41. The molecule has 1 aromatic carbocycles. The number of halogens is 1. The Morgan fingerprint density at radius 2 is 2.08 bits per heavy atom. The average molecular weight is 177 g/mol. The van der Waals surface area contributed by atoms with Crippen LogP contribution in [0.15, 0.2) is 18.2 Å². The van der Waals surface area contributed by atoms with Crippen molar-refractivity contribution < 1.29 is 4.39 Å². The van der Waals surface area contributed by atoms with Crippen molar-refractivity contribution in [3.63, 3.8) is 0 Å². The molecule has 1 aromatic rings. The second kappa shape index (κ2) is 3.57. The summed E-state index contributed by atoms with van der Waals surface area (Å²) in [6.07, 6.45) is 2.19. The second-order valence-electron chi connectivity index (χ2n) is 3.12. The fourth-order valence-corrected chi connectivity index (χ4v) is 1.37. The minimum atomic E-state index is -0.240. The van der Waals surface area contributed by atoms with Crippen LogP contribution in [-0.2, 0) is 0 Å². The zero-order valence-corrected chi connectivity index (χ0v) is 6.55. The van der Waals surface area contributed by atoms with Gasteiger partial charge in [-0.2, -0.15) is 5.26 Å². The molecule has 1 aliphatic carbocycles. The molecule has 0 aliphatic heterocycles. The lowest BCUT2D eigenvalue weighted by Crippen LogP contribution is -1.88. The van der Waals surface area contributed by atoms with Crippen molar-refractivity contribution in [1.29, 1.82) is 5.26 Å². The fraction of sp³-hybridized carbons (Fsp3) is 0.364. The molecular weight excluding hydrogens is 165 g/mol. The highest BCUT2D eigenvalue weighted by atomic mass is 19.1. The summed E-state index contributed by atoms with van der Waals surface area (Å²) in [5.41, 5.74) is 1.51. The standard InChI is InChI=1S/C10H8FN.CH4/c11-9-4-3-8(6-12)10(5-9)7-1-2-7;/h3-5,7H,1-2H2;1H4. The average Bonchev–Trinajstić information content (AvgIpc) is 2.87. The predicted molar refractivity (Wildman–Crippen MR) is 49.8 cm³/mol. The normalized spacial score (nSPS) is 14.5. The first-order valence-electron chi connectivity index (χ1n) is 4.01. The molecule has 1 fully saturated rings. The molecule has 0 spiro atoms. The van der Waals surface area contributed by atoms with Gasteiger partial charge in [0.1, 0.15) is 5.82 Å². The Morgan fingerprint density at radius 1 is 1.38 bits per heavy atom. The molecule has 1 nitrogen and oxygen atoms in total. The Balaban J connectivity index is 0.000000845. The van der Waals surface area contributed by atoms with Crippen molar-refractivity contribution in [1.82, 2.24) is 0 Å². The first-order chi connectivity index (χ1) is 5.81. The Kier molecular flexibility index (Phi) is 2.67. The van der Waals surface area contributed by atoms with Gasteiger partial charge in [0, 0.05) is 0 Å². The number of hydrogen-bond donors (Lipinski definition) is 0. The molecule has 1 aliphatic rings. The van der Waals surface area contributed by atoms with E-state index in [1.807, 2.05) is 0 Å². The van der Waals surface area contributed by atoms with Gasteiger partial charge in [0.25, 0.3) is 0 Å². The molecule has 0 heterocycles. The lowest BCUT2D eigenvalue weighted by Gasteiger charge is -2.00. The molecule has 2 heteroatoms. The molecule has 2 rings (SSSR count). The number of rotatable bonds is 1. The Hall–Kier alpha value is -1.36. The number of benzene rings is 1. The van der Waals surface area contributed by atoms with E-state index in [1.165, 1.54) is 12.1 Å². The van der Waals surface area contributed by atoms with Gasteiger partial charge in [0.15, 0.2) is 0 Å². The largest absolute Gasteiger partial charge is 0.207 e. The first kappa shape index (κ1) is 9.73. The minimum Gasteiger partial charge on any atom is -0.207 e. The molecule has 68 valence electrons. The number of nitrogens with zero attached hydrogens (tertiary/aromatic N) is 1. The van der Waals surface area contributed by atoms with E-state index in [9.17, 15) is 4.39 Å². The van der Waals surface area contributed by atoms with E-state index in [1.54, 1.807) is 6.07 Å². The van der Waals surface area contributed by atoms with Crippen LogP contribution in [0.3, 0.4) is 0 Å². The van der Waals surface area contributed by atoms with E-state index in [4.69, 9.17) is 5.26 Å². The Labute approximate surface area is 77.8 Å². The van der Waals surface area contributed by atoms with E-state index >= 15 is 0 Å². The summed E-state index contributed by atoms with van der Waals surface area (Å²) in [6, 6.07) is 6.46. The van der Waals surface area contributed by atoms with Crippen LogP contribution < -0.4 is 0 Å². The van der Waals surface area contributed by atoms with Gasteiger partial charge in [0.2, 0.25) is 0 Å². The molecule has 0 bridgehead atoms. The van der Waals surface area contributed by atoms with Gasteiger partial charge in [-0.15, -0.1) is 0 Å². The first-order valence-corrected chi connectivity index (χ1v) is 4.01. The van der Waals surface area contributed by atoms with Gasteiger partial charge < -0.3 is 0 Å². The summed E-state index contributed by atoms with van der Waals surface area (Å²) in [4.78, 5) is 0. The van der Waals surface area contributed by atoms with Gasteiger partial charge in [-0.25, -0.2) is 4.39 Å². The predicted octanol–water partition coefficient (Wildman–Crippen LogP) is 3.21. The van der Waals surface area contributed by atoms with E-state index in [-0.39, 0.29) is 13.2 Å². The maximum Gasteiger partial charge on any atom is 0.123 e. The summed E-state index contributed by atoms with van der Waals surface area (Å²) in [6.45, 7) is 0. The Bertz CT molecular complexity index is 348. The van der Waals surface area contributed by atoms with Crippen LogP contribution in [0.5, 0.6) is 0 Å². The van der Waals surface area contributed by atoms with Crippen molar-refractivity contribution in [2.45, 2.75) is 26.2 Å². The second-order valence-corrected chi connectivity index (χ2v) is 3.12. The van der Waals surface area contributed by atoms with Crippen molar-refractivity contribution >= 4 is 0 Å². The SMILES string of the molecule is C.N#Cc1ccc(F)cc1C1CC1. The highest BCUT2D eigenvalue weighted by molar-refractivity contribution is 5.41. The van der Waals surface area contributed by atoms with Crippen LogP contribution in [-0.4, -0.2) is 0 Å². The maximum atomic E-state index is 12.8. The van der Waals surface area contributed by atoms with Crippen molar-refractivity contribution in [2.75, 3.05) is 0 Å². The fourth-order valence-electron chi connectivity index (χ4n) is 1.37. The van der Waals surface area contributed by atoms with Crippen LogP contribution in [0.4, 0.5) is 4.39 Å². The third-order valence-corrected chi connectivity index (χ3v) is 2.15. The molecule has 0 radical (unpaired) electrons. The third kappa shape index (κ3) is 1.86. The minimum absolute atomic E-state index is 0. The summed E-state index contributed by atoms with van der Waals surface area (Å²) in [5, 5.41) is 8.71. The van der Waals surface area contributed by atoms with E-state index in [2.05, 4.69) is 6.07 Å². The van der Waals surface area contributed by atoms with Gasteiger partial charge in [-0.1, -0.05) is 7.43 Å². The van der Waals surface area contributed by atoms with E-state index < -0.39 is 0 Å². The quantitative estimate of drug-likeness (QED) is 0.646. The molecule has 0 N–H and O–H groups in total. The molecule has 0 amide bonds. The van der Waals surface area contributed by atoms with Crippen LogP contribution in [0, 0.1) is 17.1 Å². The molecule has 0 atom stereocenters. The lowest BCUT2D eigenvalue weighted by atomic mass is 10.0.